The van der Waals surface area contributed by atoms with Crippen LogP contribution >= 0.6 is 0 Å². The van der Waals surface area contributed by atoms with Crippen molar-refractivity contribution in [3.05, 3.63) is 48.4 Å². The quantitative estimate of drug-likeness (QED) is 0.884. The highest BCUT2D eigenvalue weighted by molar-refractivity contribution is 5.98. The second kappa shape index (κ2) is 5.83. The first kappa shape index (κ1) is 14.2. The molecule has 0 saturated carbocycles. The van der Waals surface area contributed by atoms with E-state index >= 15 is 0 Å². The van der Waals surface area contributed by atoms with E-state index < -0.39 is 25.0 Å². The van der Waals surface area contributed by atoms with Gasteiger partial charge >= 0.3 is 0 Å². The molecule has 0 unspecified atom stereocenters. The van der Waals surface area contributed by atoms with Crippen molar-refractivity contribution in [3.8, 4) is 11.1 Å². The summed E-state index contributed by atoms with van der Waals surface area (Å²) >= 11 is 0. The van der Waals surface area contributed by atoms with Gasteiger partial charge < -0.3 is 14.8 Å². The van der Waals surface area contributed by atoms with Gasteiger partial charge in [-0.25, -0.2) is 8.78 Å². The number of carbonyl (C=O) groups is 1. The lowest BCUT2D eigenvalue weighted by Crippen LogP contribution is -2.39. The summed E-state index contributed by atoms with van der Waals surface area (Å²) < 4.78 is 30.8. The molecule has 0 aliphatic carbocycles. The first-order valence-corrected chi connectivity index (χ1v) is 5.93. The third kappa shape index (κ3) is 3.21. The van der Waals surface area contributed by atoms with Crippen molar-refractivity contribution in [1.82, 2.24) is 5.32 Å². The van der Waals surface area contributed by atoms with Crippen LogP contribution in [0.1, 0.15) is 10.6 Å². The maximum Gasteiger partial charge on any atom is 0.287 e. The van der Waals surface area contributed by atoms with E-state index in [1.165, 1.54) is 6.26 Å². The summed E-state index contributed by atoms with van der Waals surface area (Å²) in [6.45, 7) is -2.27. The van der Waals surface area contributed by atoms with Crippen LogP contribution in [0.2, 0.25) is 0 Å². The molecule has 0 aliphatic heterocycles. The SMILES string of the molecule is O=C(NCC(F)(F)CO)c1occc1-c1ccccc1. The highest BCUT2D eigenvalue weighted by atomic mass is 19.3. The van der Waals surface area contributed by atoms with Crippen molar-refractivity contribution in [2.24, 2.45) is 0 Å². The Morgan fingerprint density at radius 3 is 2.60 bits per heavy atom. The van der Waals surface area contributed by atoms with E-state index in [0.717, 1.165) is 5.56 Å². The lowest BCUT2D eigenvalue weighted by molar-refractivity contribution is -0.0463. The highest BCUT2D eigenvalue weighted by Gasteiger charge is 2.29. The van der Waals surface area contributed by atoms with Gasteiger partial charge in [-0.3, -0.25) is 4.79 Å². The number of halogens is 2. The summed E-state index contributed by atoms with van der Waals surface area (Å²) in [7, 11) is 0. The fourth-order valence-electron chi connectivity index (χ4n) is 1.68. The molecule has 0 atom stereocenters. The molecular formula is C14H13F2NO3. The Morgan fingerprint density at radius 1 is 1.25 bits per heavy atom. The third-order valence-electron chi connectivity index (χ3n) is 2.70. The maximum absolute atomic E-state index is 12.9. The van der Waals surface area contributed by atoms with Crippen LogP contribution in [0.5, 0.6) is 0 Å². The number of benzene rings is 1. The summed E-state index contributed by atoms with van der Waals surface area (Å²) in [6.07, 6.45) is 1.32. The fraction of sp³-hybridized carbons (Fsp3) is 0.214. The van der Waals surface area contributed by atoms with Gasteiger partial charge in [-0.1, -0.05) is 30.3 Å². The summed E-state index contributed by atoms with van der Waals surface area (Å²) in [5.74, 6) is -4.14. The fourth-order valence-corrected chi connectivity index (χ4v) is 1.68. The van der Waals surface area contributed by atoms with Crippen LogP contribution in [0.4, 0.5) is 8.78 Å². The van der Waals surface area contributed by atoms with Crippen molar-refractivity contribution in [2.45, 2.75) is 5.92 Å². The molecule has 0 radical (unpaired) electrons. The van der Waals surface area contributed by atoms with Crippen molar-refractivity contribution < 1.29 is 23.1 Å². The van der Waals surface area contributed by atoms with Crippen LogP contribution in [0.25, 0.3) is 11.1 Å². The summed E-state index contributed by atoms with van der Waals surface area (Å²) in [5.41, 5.74) is 1.27. The average molecular weight is 281 g/mol. The van der Waals surface area contributed by atoms with Gasteiger partial charge in [0.05, 0.1) is 12.8 Å². The number of amides is 1. The summed E-state index contributed by atoms with van der Waals surface area (Å²) in [5, 5.41) is 10.5. The van der Waals surface area contributed by atoms with Crippen LogP contribution in [-0.2, 0) is 0 Å². The molecule has 4 nitrogen and oxygen atoms in total. The number of furan rings is 1. The Bertz CT molecular complexity index is 581. The summed E-state index contributed by atoms with van der Waals surface area (Å²) in [4.78, 5) is 11.8. The van der Waals surface area contributed by atoms with Gasteiger partial charge in [-0.2, -0.15) is 0 Å². The minimum absolute atomic E-state index is 0.0371. The molecule has 1 amide bonds. The first-order valence-electron chi connectivity index (χ1n) is 5.93. The molecule has 2 N–H and O–H groups in total. The minimum atomic E-state index is -3.35. The molecule has 1 aromatic carbocycles. The van der Waals surface area contributed by atoms with E-state index in [1.807, 2.05) is 11.4 Å². The van der Waals surface area contributed by atoms with E-state index in [-0.39, 0.29) is 5.76 Å². The molecule has 2 aromatic rings. The zero-order valence-electron chi connectivity index (χ0n) is 10.5. The number of hydrogen-bond donors (Lipinski definition) is 2. The maximum atomic E-state index is 12.9. The van der Waals surface area contributed by atoms with E-state index in [1.54, 1.807) is 30.3 Å². The molecule has 1 aromatic heterocycles. The minimum Gasteiger partial charge on any atom is -0.459 e. The van der Waals surface area contributed by atoms with Crippen molar-refractivity contribution >= 4 is 5.91 Å². The predicted molar refractivity (Wildman–Crippen MR) is 68.5 cm³/mol. The van der Waals surface area contributed by atoms with E-state index in [4.69, 9.17) is 9.52 Å². The summed E-state index contributed by atoms with van der Waals surface area (Å²) in [6, 6.07) is 10.6. The second-order valence-corrected chi connectivity index (χ2v) is 4.23. The van der Waals surface area contributed by atoms with Gasteiger partial charge in [0, 0.05) is 5.56 Å². The largest absolute Gasteiger partial charge is 0.459 e. The third-order valence-corrected chi connectivity index (χ3v) is 2.70. The molecule has 6 heteroatoms. The molecule has 0 spiro atoms. The Morgan fingerprint density at radius 2 is 1.95 bits per heavy atom. The molecule has 106 valence electrons. The van der Waals surface area contributed by atoms with Crippen molar-refractivity contribution in [3.63, 3.8) is 0 Å². The normalized spacial score (nSPS) is 11.3. The van der Waals surface area contributed by atoms with Crippen LogP contribution in [-0.4, -0.2) is 30.1 Å². The Hall–Kier alpha value is -2.21. The predicted octanol–water partition coefficient (Wildman–Crippen LogP) is 2.30. The van der Waals surface area contributed by atoms with E-state index in [0.29, 0.717) is 5.56 Å². The van der Waals surface area contributed by atoms with Crippen LogP contribution in [0, 0.1) is 0 Å². The Labute approximate surface area is 114 Å². The number of hydrogen-bond acceptors (Lipinski definition) is 3. The molecule has 0 aliphatic rings. The van der Waals surface area contributed by atoms with E-state index in [2.05, 4.69) is 0 Å². The number of alkyl halides is 2. The molecule has 1 heterocycles. The molecule has 0 bridgehead atoms. The Kier molecular flexibility index (Phi) is 4.14. The van der Waals surface area contributed by atoms with Crippen molar-refractivity contribution in [2.75, 3.05) is 13.2 Å². The zero-order valence-corrected chi connectivity index (χ0v) is 10.5. The first-order chi connectivity index (χ1) is 9.53. The lowest BCUT2D eigenvalue weighted by atomic mass is 10.1. The second-order valence-electron chi connectivity index (χ2n) is 4.23. The number of rotatable bonds is 5. The molecular weight excluding hydrogens is 268 g/mol. The molecule has 20 heavy (non-hydrogen) atoms. The standard InChI is InChI=1S/C14H13F2NO3/c15-14(16,9-18)8-17-13(19)12-11(6-7-20-12)10-4-2-1-3-5-10/h1-7,18H,8-9H2,(H,17,19). The van der Waals surface area contributed by atoms with Crippen LogP contribution in [0.3, 0.4) is 0 Å². The molecule has 2 rings (SSSR count). The number of carbonyl (C=O) groups excluding carboxylic acids is 1. The average Bonchev–Trinajstić information content (AvgIpc) is 2.95. The van der Waals surface area contributed by atoms with Crippen LogP contribution < -0.4 is 5.32 Å². The Balaban J connectivity index is 2.14. The van der Waals surface area contributed by atoms with E-state index in [9.17, 15) is 13.6 Å². The van der Waals surface area contributed by atoms with Gasteiger partial charge in [-0.05, 0) is 11.6 Å². The van der Waals surface area contributed by atoms with Gasteiger partial charge in [0.2, 0.25) is 0 Å². The van der Waals surface area contributed by atoms with Gasteiger partial charge in [-0.15, -0.1) is 0 Å². The van der Waals surface area contributed by atoms with Crippen molar-refractivity contribution in [1.29, 1.82) is 0 Å². The monoisotopic (exact) mass is 281 g/mol. The number of nitrogens with one attached hydrogen (secondary N) is 1. The topological polar surface area (TPSA) is 62.5 Å². The zero-order chi connectivity index (χ0) is 14.6. The van der Waals surface area contributed by atoms with Crippen LogP contribution in [0.15, 0.2) is 47.1 Å². The number of aliphatic hydroxyl groups excluding tert-OH is 1. The highest BCUT2D eigenvalue weighted by Crippen LogP contribution is 2.24. The lowest BCUT2D eigenvalue weighted by Gasteiger charge is -2.13. The number of aliphatic hydroxyl groups is 1. The van der Waals surface area contributed by atoms with Gasteiger partial charge in [0.1, 0.15) is 6.61 Å². The molecule has 0 saturated heterocycles. The smallest absolute Gasteiger partial charge is 0.287 e. The van der Waals surface area contributed by atoms with Gasteiger partial charge in [0.25, 0.3) is 11.8 Å². The molecule has 0 fully saturated rings. The van der Waals surface area contributed by atoms with Gasteiger partial charge in [0.15, 0.2) is 5.76 Å².